The molecule has 0 amide bonds. The van der Waals surface area contributed by atoms with Gasteiger partial charge in [-0.25, -0.2) is 0 Å². The summed E-state index contributed by atoms with van der Waals surface area (Å²) in [6, 6.07) is 96.9. The van der Waals surface area contributed by atoms with Gasteiger partial charge in [-0.1, -0.05) is 218 Å². The van der Waals surface area contributed by atoms with Crippen molar-refractivity contribution in [2.24, 2.45) is 0 Å². The van der Waals surface area contributed by atoms with E-state index in [2.05, 4.69) is 276 Å². The van der Waals surface area contributed by atoms with Crippen LogP contribution in [0.15, 0.2) is 267 Å². The van der Waals surface area contributed by atoms with Crippen molar-refractivity contribution in [3.8, 4) is 61.3 Å². The predicted octanol–water partition coefficient (Wildman–Crippen LogP) is 17.7. The van der Waals surface area contributed by atoms with Crippen LogP contribution in [0.25, 0.3) is 93.9 Å². The summed E-state index contributed by atoms with van der Waals surface area (Å²) in [6.07, 6.45) is 0. The van der Waals surface area contributed by atoms with E-state index in [4.69, 9.17) is 0 Å². The van der Waals surface area contributed by atoms with E-state index in [-0.39, 0.29) is 0 Å². The highest BCUT2D eigenvalue weighted by atomic mass is 15.1. The molecule has 11 aromatic carbocycles. The van der Waals surface area contributed by atoms with Gasteiger partial charge in [-0.15, -0.1) is 0 Å². The average Bonchev–Trinajstić information content (AvgIpc) is 3.73. The molecule has 0 N–H and O–H groups in total. The van der Waals surface area contributed by atoms with Crippen LogP contribution in [0.3, 0.4) is 0 Å². The molecule has 0 fully saturated rings. The highest BCUT2D eigenvalue weighted by molar-refractivity contribution is 6.11. The van der Waals surface area contributed by atoms with E-state index in [0.29, 0.717) is 0 Å². The lowest BCUT2D eigenvalue weighted by molar-refractivity contribution is 1.18. The summed E-state index contributed by atoms with van der Waals surface area (Å²) in [5.74, 6) is 0. The smallest absolute Gasteiger partial charge is 0.0547 e. The van der Waals surface area contributed by atoms with Crippen molar-refractivity contribution in [3.05, 3.63) is 267 Å². The molecule has 1 aromatic heterocycles. The Hall–Kier alpha value is -8.72. The van der Waals surface area contributed by atoms with Gasteiger partial charge in [-0.05, 0) is 104 Å². The van der Waals surface area contributed by atoms with Gasteiger partial charge in [0.25, 0.3) is 0 Å². The Morgan fingerprint density at radius 3 is 1.45 bits per heavy atom. The number of para-hydroxylation sites is 2. The third-order valence-electron chi connectivity index (χ3n) is 13.0. The summed E-state index contributed by atoms with van der Waals surface area (Å²) in [5, 5.41) is 4.86. The molecule has 1 heterocycles. The highest BCUT2D eigenvalue weighted by Crippen LogP contribution is 2.46. The van der Waals surface area contributed by atoms with Crippen LogP contribution in [-0.2, 0) is 0 Å². The fourth-order valence-electron chi connectivity index (χ4n) is 9.92. The molecule has 0 atom stereocenters. The van der Waals surface area contributed by atoms with E-state index in [1.807, 2.05) is 0 Å². The lowest BCUT2D eigenvalue weighted by Gasteiger charge is -2.29. The van der Waals surface area contributed by atoms with E-state index in [0.717, 1.165) is 33.9 Å². The standard InChI is InChI=1S/C64H44N2/c1-3-18-45(19-4-1)46-34-39-51(40-35-46)65(61-33-17-23-48-22-7-8-27-56(48)61)62-31-15-13-29-58(62)57-28-12-11-26-55(57)50-38-43-60-59-30-14-16-32-63(59)66(64(60)44-50)52-41-36-49(37-42-52)54-25-10-9-24-53(54)47-20-5-2-6-21-47/h1-44H. The zero-order chi connectivity index (χ0) is 43.8. The average molecular weight is 841 g/mol. The molecule has 0 saturated carbocycles. The number of benzene rings is 11. The Morgan fingerprint density at radius 1 is 0.258 bits per heavy atom. The van der Waals surface area contributed by atoms with Gasteiger partial charge >= 0.3 is 0 Å². The van der Waals surface area contributed by atoms with Crippen LogP contribution in [0.4, 0.5) is 17.1 Å². The van der Waals surface area contributed by atoms with Crippen molar-refractivity contribution in [1.29, 1.82) is 0 Å². The Morgan fingerprint density at radius 2 is 0.727 bits per heavy atom. The van der Waals surface area contributed by atoms with E-state index >= 15 is 0 Å². The molecule has 0 radical (unpaired) electrons. The second kappa shape index (κ2) is 16.8. The largest absolute Gasteiger partial charge is 0.309 e. The molecule has 0 bridgehead atoms. The summed E-state index contributed by atoms with van der Waals surface area (Å²) < 4.78 is 2.43. The molecular formula is C64H44N2. The minimum Gasteiger partial charge on any atom is -0.309 e. The molecular weight excluding hydrogens is 797 g/mol. The van der Waals surface area contributed by atoms with Crippen LogP contribution in [0.2, 0.25) is 0 Å². The van der Waals surface area contributed by atoms with Crippen molar-refractivity contribution < 1.29 is 0 Å². The zero-order valence-corrected chi connectivity index (χ0v) is 36.3. The van der Waals surface area contributed by atoms with Crippen molar-refractivity contribution in [2.75, 3.05) is 4.90 Å². The SMILES string of the molecule is c1ccc(-c2ccc(N(c3ccccc3-c3ccccc3-c3ccc4c5ccccc5n(-c5ccc(-c6ccccc6-c6ccccc6)cc5)c4c3)c3cccc4ccccc34)cc2)cc1. The number of anilines is 3. The van der Waals surface area contributed by atoms with Gasteiger partial charge in [0, 0.05) is 33.1 Å². The van der Waals surface area contributed by atoms with Gasteiger partial charge in [0.05, 0.1) is 22.4 Å². The van der Waals surface area contributed by atoms with Crippen LogP contribution in [-0.4, -0.2) is 4.57 Å². The number of fused-ring (bicyclic) bond motifs is 4. The number of aromatic nitrogens is 1. The van der Waals surface area contributed by atoms with Crippen molar-refractivity contribution >= 4 is 49.6 Å². The predicted molar refractivity (Wildman–Crippen MR) is 280 cm³/mol. The fraction of sp³-hybridized carbons (Fsp3) is 0. The molecule has 310 valence electrons. The van der Waals surface area contributed by atoms with Crippen molar-refractivity contribution in [2.45, 2.75) is 0 Å². The van der Waals surface area contributed by atoms with Gasteiger partial charge in [-0.3, -0.25) is 0 Å². The van der Waals surface area contributed by atoms with Gasteiger partial charge in [0.1, 0.15) is 0 Å². The van der Waals surface area contributed by atoms with Gasteiger partial charge in [-0.2, -0.15) is 0 Å². The Kier molecular flexibility index (Phi) is 9.89. The molecule has 2 heteroatoms. The van der Waals surface area contributed by atoms with Crippen LogP contribution in [0.5, 0.6) is 0 Å². The molecule has 0 aliphatic rings. The van der Waals surface area contributed by atoms with E-state index < -0.39 is 0 Å². The first-order valence-corrected chi connectivity index (χ1v) is 22.7. The molecule has 0 spiro atoms. The molecule has 0 unspecified atom stereocenters. The van der Waals surface area contributed by atoms with Crippen LogP contribution >= 0.6 is 0 Å². The molecule has 0 saturated heterocycles. The number of hydrogen-bond acceptors (Lipinski definition) is 1. The van der Waals surface area contributed by atoms with Crippen LogP contribution in [0, 0.1) is 0 Å². The molecule has 2 nitrogen and oxygen atoms in total. The lowest BCUT2D eigenvalue weighted by atomic mass is 9.92. The fourth-order valence-corrected chi connectivity index (χ4v) is 9.92. The normalized spacial score (nSPS) is 11.3. The Bertz CT molecular complexity index is 3670. The van der Waals surface area contributed by atoms with Crippen LogP contribution < -0.4 is 4.90 Å². The maximum Gasteiger partial charge on any atom is 0.0547 e. The summed E-state index contributed by atoms with van der Waals surface area (Å²) in [5.41, 5.74) is 18.7. The van der Waals surface area contributed by atoms with E-state index in [1.54, 1.807) is 0 Å². The third-order valence-corrected chi connectivity index (χ3v) is 13.0. The van der Waals surface area contributed by atoms with E-state index in [9.17, 15) is 0 Å². The lowest BCUT2D eigenvalue weighted by Crippen LogP contribution is -2.12. The summed E-state index contributed by atoms with van der Waals surface area (Å²) in [6.45, 7) is 0. The first kappa shape index (κ1) is 38.9. The molecule has 66 heavy (non-hydrogen) atoms. The van der Waals surface area contributed by atoms with E-state index in [1.165, 1.54) is 77.1 Å². The molecule has 0 aliphatic heterocycles. The van der Waals surface area contributed by atoms with Crippen molar-refractivity contribution in [3.63, 3.8) is 0 Å². The van der Waals surface area contributed by atoms with Gasteiger partial charge in [0.15, 0.2) is 0 Å². The first-order valence-electron chi connectivity index (χ1n) is 22.7. The Balaban J connectivity index is 0.994. The monoisotopic (exact) mass is 840 g/mol. The van der Waals surface area contributed by atoms with Crippen molar-refractivity contribution in [1.82, 2.24) is 4.57 Å². The number of hydrogen-bond donors (Lipinski definition) is 0. The zero-order valence-electron chi connectivity index (χ0n) is 36.3. The third kappa shape index (κ3) is 6.93. The number of rotatable bonds is 9. The first-order chi connectivity index (χ1) is 32.8. The maximum absolute atomic E-state index is 2.44. The van der Waals surface area contributed by atoms with Crippen LogP contribution in [0.1, 0.15) is 0 Å². The Labute approximate surface area is 385 Å². The summed E-state index contributed by atoms with van der Waals surface area (Å²) >= 11 is 0. The minimum absolute atomic E-state index is 1.09. The van der Waals surface area contributed by atoms with Gasteiger partial charge in [0.2, 0.25) is 0 Å². The molecule has 0 aliphatic carbocycles. The second-order valence-electron chi connectivity index (χ2n) is 16.9. The van der Waals surface area contributed by atoms with Gasteiger partial charge < -0.3 is 9.47 Å². The topological polar surface area (TPSA) is 8.17 Å². The second-order valence-corrected chi connectivity index (χ2v) is 16.9. The summed E-state index contributed by atoms with van der Waals surface area (Å²) in [4.78, 5) is 2.44. The highest BCUT2D eigenvalue weighted by Gasteiger charge is 2.22. The number of nitrogens with zero attached hydrogens (tertiary/aromatic N) is 2. The molecule has 12 aromatic rings. The summed E-state index contributed by atoms with van der Waals surface area (Å²) in [7, 11) is 0. The quantitative estimate of drug-likeness (QED) is 0.141. The molecule has 12 rings (SSSR count). The minimum atomic E-state index is 1.09. The maximum atomic E-state index is 2.44.